The van der Waals surface area contributed by atoms with E-state index in [4.69, 9.17) is 0 Å². The van der Waals surface area contributed by atoms with Crippen LogP contribution in [0.5, 0.6) is 0 Å². The fourth-order valence-electron chi connectivity index (χ4n) is 2.93. The summed E-state index contributed by atoms with van der Waals surface area (Å²) in [7, 11) is 0. The van der Waals surface area contributed by atoms with Crippen molar-refractivity contribution in [3.8, 4) is 11.3 Å². The number of nitrogens with zero attached hydrogens (tertiary/aromatic N) is 4. The molecule has 0 radical (unpaired) electrons. The van der Waals surface area contributed by atoms with Crippen LogP contribution >= 0.6 is 0 Å². The van der Waals surface area contributed by atoms with Gasteiger partial charge in [-0.15, -0.1) is 0 Å². The van der Waals surface area contributed by atoms with Crippen molar-refractivity contribution in [2.75, 3.05) is 5.32 Å². The van der Waals surface area contributed by atoms with E-state index in [9.17, 15) is 18.0 Å². The Bertz CT molecular complexity index is 1180. The molecule has 0 spiro atoms. The number of nitrogens with one attached hydrogen (secondary N) is 2. The van der Waals surface area contributed by atoms with Crippen LogP contribution in [0.2, 0.25) is 0 Å². The van der Waals surface area contributed by atoms with Gasteiger partial charge in [0.1, 0.15) is 12.0 Å². The van der Waals surface area contributed by atoms with Crippen LogP contribution in [0.25, 0.3) is 16.9 Å². The molecule has 10 heteroatoms. The summed E-state index contributed by atoms with van der Waals surface area (Å²) in [6.07, 6.45) is 1.63. The van der Waals surface area contributed by atoms with Gasteiger partial charge < -0.3 is 5.32 Å². The molecule has 0 atom stereocenters. The molecule has 1 aromatic carbocycles. The first-order chi connectivity index (χ1) is 13.4. The lowest BCUT2D eigenvalue weighted by Gasteiger charge is -2.10. The molecule has 28 heavy (non-hydrogen) atoms. The molecule has 0 unspecified atom stereocenters. The monoisotopic (exact) mass is 386 g/mol. The van der Waals surface area contributed by atoms with E-state index in [1.165, 1.54) is 23.0 Å². The number of halogens is 3. The van der Waals surface area contributed by atoms with Gasteiger partial charge >= 0.3 is 6.18 Å². The largest absolute Gasteiger partial charge is 0.433 e. The van der Waals surface area contributed by atoms with Gasteiger partial charge in [0.05, 0.1) is 23.7 Å². The van der Waals surface area contributed by atoms with E-state index in [1.807, 2.05) is 5.10 Å². The van der Waals surface area contributed by atoms with Crippen LogP contribution in [0.3, 0.4) is 0 Å². The van der Waals surface area contributed by atoms with Crippen molar-refractivity contribution >= 4 is 23.4 Å². The van der Waals surface area contributed by atoms with Crippen LogP contribution in [0.15, 0.2) is 43.0 Å². The van der Waals surface area contributed by atoms with Crippen LogP contribution in [-0.4, -0.2) is 30.9 Å². The lowest BCUT2D eigenvalue weighted by molar-refractivity contribution is -0.140. The fraction of sp³-hybridized carbons (Fsp3) is 0.111. The van der Waals surface area contributed by atoms with E-state index in [0.717, 1.165) is 18.0 Å². The second-order valence-corrected chi connectivity index (χ2v) is 6.08. The number of anilines is 2. The molecule has 4 rings (SSSR count). The highest BCUT2D eigenvalue weighted by atomic mass is 19.4. The number of H-pyrrole nitrogens is 1. The van der Waals surface area contributed by atoms with Crippen LogP contribution in [-0.2, 0) is 6.18 Å². The Balaban J connectivity index is 1.77. The van der Waals surface area contributed by atoms with Crippen molar-refractivity contribution in [1.82, 2.24) is 24.6 Å². The van der Waals surface area contributed by atoms with Gasteiger partial charge in [0.15, 0.2) is 11.5 Å². The summed E-state index contributed by atoms with van der Waals surface area (Å²) in [4.78, 5) is 19.4. The number of alkyl halides is 3. The predicted octanol–water partition coefficient (Wildman–Crippen LogP) is 4.00. The number of hydrogen-bond donors (Lipinski definition) is 2. The first-order valence-corrected chi connectivity index (χ1v) is 8.14. The Labute approximate surface area is 156 Å². The molecule has 4 aromatic rings. The summed E-state index contributed by atoms with van der Waals surface area (Å²) in [6.45, 7) is 1.80. The summed E-state index contributed by atoms with van der Waals surface area (Å²) in [6, 6.07) is 5.16. The standard InChI is InChI=1S/C18H13F3N6O/c1-10-6-12(3-2-11(10)9-28)25-16-17-23-8-14(27(17)5-4-22-16)13-7-24-26-15(13)18(19,20)21/h2-9H,1H3,(H,22,25)(H,24,26). The SMILES string of the molecule is Cc1cc(Nc2nccn3c(-c4cn[nH]c4C(F)(F)F)cnc23)ccc1C=O. The van der Waals surface area contributed by atoms with Gasteiger partial charge in [-0.25, -0.2) is 9.97 Å². The lowest BCUT2D eigenvalue weighted by atomic mass is 10.1. The maximum absolute atomic E-state index is 13.2. The zero-order valence-electron chi connectivity index (χ0n) is 14.4. The number of aromatic nitrogens is 5. The number of aryl methyl sites for hydroxylation is 1. The zero-order chi connectivity index (χ0) is 19.9. The highest BCUT2D eigenvalue weighted by Crippen LogP contribution is 2.36. The number of carbonyl (C=O) groups excluding carboxylic acids is 1. The maximum atomic E-state index is 13.2. The summed E-state index contributed by atoms with van der Waals surface area (Å²) < 4.78 is 41.1. The van der Waals surface area contributed by atoms with Gasteiger partial charge in [-0.1, -0.05) is 0 Å². The van der Waals surface area contributed by atoms with Crippen molar-refractivity contribution in [1.29, 1.82) is 0 Å². The highest BCUT2D eigenvalue weighted by Gasteiger charge is 2.36. The third-order valence-corrected chi connectivity index (χ3v) is 4.29. The van der Waals surface area contributed by atoms with Crippen molar-refractivity contribution in [2.24, 2.45) is 0 Å². The van der Waals surface area contributed by atoms with E-state index in [2.05, 4.69) is 20.4 Å². The topological polar surface area (TPSA) is 88.0 Å². The lowest BCUT2D eigenvalue weighted by Crippen LogP contribution is -2.08. The Morgan fingerprint density at radius 3 is 2.75 bits per heavy atom. The third-order valence-electron chi connectivity index (χ3n) is 4.29. The van der Waals surface area contributed by atoms with Crippen LogP contribution in [0.4, 0.5) is 24.7 Å². The number of aldehydes is 1. The van der Waals surface area contributed by atoms with E-state index >= 15 is 0 Å². The predicted molar refractivity (Wildman–Crippen MR) is 95.4 cm³/mol. The zero-order valence-corrected chi connectivity index (χ0v) is 14.4. The van der Waals surface area contributed by atoms with Crippen molar-refractivity contribution in [2.45, 2.75) is 13.1 Å². The molecule has 0 amide bonds. The molecule has 0 saturated heterocycles. The number of imidazole rings is 1. The van der Waals surface area contributed by atoms with Crippen molar-refractivity contribution < 1.29 is 18.0 Å². The van der Waals surface area contributed by atoms with Gasteiger partial charge in [-0.05, 0) is 30.7 Å². The van der Waals surface area contributed by atoms with Gasteiger partial charge in [0.2, 0.25) is 0 Å². The molecule has 7 nitrogen and oxygen atoms in total. The second-order valence-electron chi connectivity index (χ2n) is 6.08. The molecule has 0 bridgehead atoms. The molecular weight excluding hydrogens is 373 g/mol. The molecule has 0 aliphatic carbocycles. The van der Waals surface area contributed by atoms with Gasteiger partial charge in [-0.2, -0.15) is 18.3 Å². The average Bonchev–Trinajstić information content (AvgIpc) is 3.28. The summed E-state index contributed by atoms with van der Waals surface area (Å²) >= 11 is 0. The number of aromatic amines is 1. The smallest absolute Gasteiger partial charge is 0.337 e. The number of benzene rings is 1. The number of fused-ring (bicyclic) bond motifs is 1. The first kappa shape index (κ1) is 17.7. The number of carbonyl (C=O) groups is 1. The van der Waals surface area contributed by atoms with Gasteiger partial charge in [0, 0.05) is 23.6 Å². The van der Waals surface area contributed by atoms with Crippen LogP contribution in [0.1, 0.15) is 21.6 Å². The Morgan fingerprint density at radius 2 is 2.04 bits per heavy atom. The van der Waals surface area contributed by atoms with Crippen molar-refractivity contribution in [3.63, 3.8) is 0 Å². The average molecular weight is 386 g/mol. The minimum atomic E-state index is -4.57. The summed E-state index contributed by atoms with van der Waals surface area (Å²) in [5.74, 6) is 0.365. The molecule has 2 N–H and O–H groups in total. The quantitative estimate of drug-likeness (QED) is 0.518. The normalized spacial score (nSPS) is 11.7. The minimum Gasteiger partial charge on any atom is -0.337 e. The molecule has 0 aliphatic rings. The molecule has 3 aromatic heterocycles. The first-order valence-electron chi connectivity index (χ1n) is 8.14. The van der Waals surface area contributed by atoms with E-state index in [1.54, 1.807) is 25.1 Å². The molecule has 0 saturated carbocycles. The minimum absolute atomic E-state index is 0.108. The molecule has 3 heterocycles. The number of hydrogen-bond acceptors (Lipinski definition) is 5. The molecule has 0 fully saturated rings. The van der Waals surface area contributed by atoms with E-state index < -0.39 is 11.9 Å². The van der Waals surface area contributed by atoms with Gasteiger partial charge in [0.25, 0.3) is 0 Å². The Kier molecular flexibility index (Phi) is 4.10. The Hall–Kier alpha value is -3.69. The second kappa shape index (κ2) is 6.48. The summed E-state index contributed by atoms with van der Waals surface area (Å²) in [5, 5.41) is 8.60. The molecule has 142 valence electrons. The van der Waals surface area contributed by atoms with Crippen LogP contribution < -0.4 is 5.32 Å². The molecule has 0 aliphatic heterocycles. The van der Waals surface area contributed by atoms with Gasteiger partial charge in [-0.3, -0.25) is 14.3 Å². The number of rotatable bonds is 4. The third kappa shape index (κ3) is 2.98. The van der Waals surface area contributed by atoms with Crippen molar-refractivity contribution in [3.05, 3.63) is 59.8 Å². The fourth-order valence-corrected chi connectivity index (χ4v) is 2.93. The summed E-state index contributed by atoms with van der Waals surface area (Å²) in [5.41, 5.74) is 1.55. The highest BCUT2D eigenvalue weighted by molar-refractivity contribution is 5.80. The van der Waals surface area contributed by atoms with Crippen LogP contribution in [0, 0.1) is 6.92 Å². The van der Waals surface area contributed by atoms with E-state index in [-0.39, 0.29) is 11.3 Å². The Morgan fingerprint density at radius 1 is 1.21 bits per heavy atom. The molecular formula is C18H13F3N6O. The maximum Gasteiger partial charge on any atom is 0.433 e. The van der Waals surface area contributed by atoms with E-state index in [0.29, 0.717) is 22.7 Å².